The fraction of sp³-hybridized carbons (Fsp3) is 0.185. The third-order valence-corrected chi connectivity index (χ3v) is 5.70. The minimum absolute atomic E-state index is 0.116. The number of methoxy groups -OCH3 is 1. The van der Waals surface area contributed by atoms with Gasteiger partial charge in [-0.3, -0.25) is 9.59 Å². The summed E-state index contributed by atoms with van der Waals surface area (Å²) in [7, 11) is 3.22. The number of aromatic amines is 1. The van der Waals surface area contributed by atoms with Crippen molar-refractivity contribution in [3.63, 3.8) is 0 Å². The molecule has 1 heterocycles. The molecule has 174 valence electrons. The summed E-state index contributed by atoms with van der Waals surface area (Å²) in [4.78, 5) is 30.0. The van der Waals surface area contributed by atoms with Crippen LogP contribution in [0.3, 0.4) is 0 Å². The smallest absolute Gasteiger partial charge is 0.243 e. The molecule has 0 aliphatic heterocycles. The van der Waals surface area contributed by atoms with Crippen molar-refractivity contribution in [2.24, 2.45) is 0 Å². The molecule has 2 N–H and O–H groups in total. The van der Waals surface area contributed by atoms with Gasteiger partial charge in [-0.2, -0.15) is 0 Å². The summed E-state index contributed by atoms with van der Waals surface area (Å²) in [5.74, 6) is -0.198. The maximum absolute atomic E-state index is 13.3. The highest BCUT2D eigenvalue weighted by Crippen LogP contribution is 2.32. The molecular formula is C27H26FN3O3. The first-order valence-corrected chi connectivity index (χ1v) is 11.0. The number of fused-ring (bicyclic) bond motifs is 1. The lowest BCUT2D eigenvalue weighted by Gasteiger charge is -2.17. The molecule has 0 saturated heterocycles. The quantitative estimate of drug-likeness (QED) is 0.389. The number of benzene rings is 3. The van der Waals surface area contributed by atoms with Crippen molar-refractivity contribution in [1.82, 2.24) is 9.88 Å². The van der Waals surface area contributed by atoms with Gasteiger partial charge in [-0.1, -0.05) is 24.3 Å². The molecule has 34 heavy (non-hydrogen) atoms. The van der Waals surface area contributed by atoms with Crippen molar-refractivity contribution in [1.29, 1.82) is 0 Å². The highest BCUT2D eigenvalue weighted by molar-refractivity contribution is 5.95. The molecule has 0 spiro atoms. The van der Waals surface area contributed by atoms with Gasteiger partial charge < -0.3 is 19.9 Å². The zero-order valence-corrected chi connectivity index (χ0v) is 19.1. The van der Waals surface area contributed by atoms with E-state index in [0.717, 1.165) is 33.5 Å². The number of nitrogens with zero attached hydrogens (tertiary/aromatic N) is 1. The third-order valence-electron chi connectivity index (χ3n) is 5.70. The van der Waals surface area contributed by atoms with E-state index in [2.05, 4.69) is 10.3 Å². The van der Waals surface area contributed by atoms with Crippen molar-refractivity contribution >= 4 is 28.4 Å². The first-order valence-electron chi connectivity index (χ1n) is 11.0. The van der Waals surface area contributed by atoms with Gasteiger partial charge in [0.15, 0.2) is 0 Å². The molecule has 4 aromatic rings. The van der Waals surface area contributed by atoms with Gasteiger partial charge in [0.25, 0.3) is 0 Å². The highest BCUT2D eigenvalue weighted by atomic mass is 19.1. The van der Waals surface area contributed by atoms with Crippen LogP contribution in [0.25, 0.3) is 22.2 Å². The number of carbonyl (C=O) groups is 2. The number of nitrogens with one attached hydrogen (secondary N) is 2. The lowest BCUT2D eigenvalue weighted by molar-refractivity contribution is -0.133. The summed E-state index contributed by atoms with van der Waals surface area (Å²) in [5, 5.41) is 3.68. The first kappa shape index (κ1) is 23.0. The number of aromatic nitrogens is 1. The number of rotatable bonds is 8. The molecule has 0 unspecified atom stereocenters. The maximum atomic E-state index is 13.3. The molecule has 0 aliphatic carbocycles. The lowest BCUT2D eigenvalue weighted by Crippen LogP contribution is -2.35. The fourth-order valence-corrected chi connectivity index (χ4v) is 3.96. The number of hydrogen-bond donors (Lipinski definition) is 2. The fourth-order valence-electron chi connectivity index (χ4n) is 3.96. The summed E-state index contributed by atoms with van der Waals surface area (Å²) >= 11 is 0. The third kappa shape index (κ3) is 5.26. The second-order valence-corrected chi connectivity index (χ2v) is 8.06. The predicted octanol–water partition coefficient (Wildman–Crippen LogP) is 5.01. The Labute approximate surface area is 197 Å². The first-order chi connectivity index (χ1) is 16.4. The summed E-state index contributed by atoms with van der Waals surface area (Å²) in [6, 6.07) is 21.4. The Morgan fingerprint density at radius 2 is 1.79 bits per heavy atom. The average molecular weight is 460 g/mol. The number of H-pyrrole nitrogens is 1. The lowest BCUT2D eigenvalue weighted by atomic mass is 10.0. The van der Waals surface area contributed by atoms with Gasteiger partial charge in [-0.05, 0) is 66.1 Å². The highest BCUT2D eigenvalue weighted by Gasteiger charge is 2.17. The van der Waals surface area contributed by atoms with Crippen molar-refractivity contribution < 1.29 is 18.7 Å². The number of ether oxygens (including phenoxy) is 1. The predicted molar refractivity (Wildman–Crippen MR) is 131 cm³/mol. The number of para-hydroxylation sites is 1. The van der Waals surface area contributed by atoms with Gasteiger partial charge in [0.2, 0.25) is 11.8 Å². The molecule has 0 bridgehead atoms. The topological polar surface area (TPSA) is 74.4 Å². The molecule has 0 aliphatic rings. The van der Waals surface area contributed by atoms with Crippen LogP contribution < -0.4 is 10.1 Å². The Bertz CT molecular complexity index is 1310. The van der Waals surface area contributed by atoms with Crippen molar-refractivity contribution in [3.05, 3.63) is 84.2 Å². The van der Waals surface area contributed by atoms with E-state index in [9.17, 15) is 14.0 Å². The van der Waals surface area contributed by atoms with Gasteiger partial charge >= 0.3 is 0 Å². The Morgan fingerprint density at radius 3 is 2.53 bits per heavy atom. The minimum Gasteiger partial charge on any atom is -0.497 e. The van der Waals surface area contributed by atoms with Crippen LogP contribution in [-0.4, -0.2) is 42.4 Å². The van der Waals surface area contributed by atoms with E-state index < -0.39 is 5.82 Å². The number of likely N-dealkylation sites (N-methyl/N-ethyl adjacent to an activating group) is 1. The number of anilines is 1. The van der Waals surface area contributed by atoms with Crippen LogP contribution in [-0.2, 0) is 16.0 Å². The van der Waals surface area contributed by atoms with Crippen LogP contribution in [0.1, 0.15) is 12.0 Å². The van der Waals surface area contributed by atoms with E-state index in [1.54, 1.807) is 20.2 Å². The Balaban J connectivity index is 1.45. The van der Waals surface area contributed by atoms with Gasteiger partial charge in [-0.15, -0.1) is 0 Å². The standard InChI is InChI=1S/C27H26FN3O3/c1-31(17-25(32)29-20-7-5-6-19(28)16-20)26(33)15-14-23-22-8-3-4-9-24(22)30-27(23)18-10-12-21(34-2)13-11-18/h3-13,16,30H,14-15,17H2,1-2H3,(H,29,32). The van der Waals surface area contributed by atoms with E-state index in [-0.39, 0.29) is 24.8 Å². The van der Waals surface area contributed by atoms with Crippen molar-refractivity contribution in [2.45, 2.75) is 12.8 Å². The number of carbonyl (C=O) groups excluding carboxylic acids is 2. The molecular weight excluding hydrogens is 433 g/mol. The zero-order chi connectivity index (χ0) is 24.1. The molecule has 4 rings (SSSR count). The molecule has 0 saturated carbocycles. The van der Waals surface area contributed by atoms with E-state index in [4.69, 9.17) is 4.74 Å². The number of aryl methyl sites for hydroxylation is 1. The molecule has 3 aromatic carbocycles. The molecule has 0 atom stereocenters. The molecule has 2 amide bonds. The Hall–Kier alpha value is -4.13. The van der Waals surface area contributed by atoms with Crippen molar-refractivity contribution in [3.8, 4) is 17.0 Å². The Morgan fingerprint density at radius 1 is 1.03 bits per heavy atom. The molecule has 1 aromatic heterocycles. The second-order valence-electron chi connectivity index (χ2n) is 8.06. The largest absolute Gasteiger partial charge is 0.497 e. The van der Waals surface area contributed by atoms with Gasteiger partial charge in [-0.25, -0.2) is 4.39 Å². The summed E-state index contributed by atoms with van der Waals surface area (Å²) in [6.07, 6.45) is 0.759. The van der Waals surface area contributed by atoms with Crippen LogP contribution in [0.15, 0.2) is 72.8 Å². The summed E-state index contributed by atoms with van der Waals surface area (Å²) < 4.78 is 18.6. The SMILES string of the molecule is COc1ccc(-c2[nH]c3ccccc3c2CCC(=O)N(C)CC(=O)Nc2cccc(F)c2)cc1. The average Bonchev–Trinajstić information content (AvgIpc) is 3.21. The van der Waals surface area contributed by atoms with Crippen LogP contribution >= 0.6 is 0 Å². The van der Waals surface area contributed by atoms with Crippen LogP contribution in [0.2, 0.25) is 0 Å². The molecule has 0 fully saturated rings. The molecule has 7 heteroatoms. The normalized spacial score (nSPS) is 10.8. The number of halogens is 1. The monoisotopic (exact) mass is 459 g/mol. The van der Waals surface area contributed by atoms with Crippen LogP contribution in [0.4, 0.5) is 10.1 Å². The van der Waals surface area contributed by atoms with Gasteiger partial charge in [0.1, 0.15) is 11.6 Å². The number of amides is 2. The van der Waals surface area contributed by atoms with Crippen LogP contribution in [0, 0.1) is 5.82 Å². The molecule has 6 nitrogen and oxygen atoms in total. The summed E-state index contributed by atoms with van der Waals surface area (Å²) in [6.45, 7) is -0.116. The second kappa shape index (κ2) is 10.2. The van der Waals surface area contributed by atoms with E-state index in [0.29, 0.717) is 12.1 Å². The van der Waals surface area contributed by atoms with E-state index in [1.807, 2.05) is 48.5 Å². The van der Waals surface area contributed by atoms with E-state index in [1.165, 1.54) is 23.1 Å². The Kier molecular flexibility index (Phi) is 6.92. The summed E-state index contributed by atoms with van der Waals surface area (Å²) in [5.41, 5.74) is 4.37. The van der Waals surface area contributed by atoms with Crippen LogP contribution in [0.5, 0.6) is 5.75 Å². The van der Waals surface area contributed by atoms with E-state index >= 15 is 0 Å². The van der Waals surface area contributed by atoms with Gasteiger partial charge in [0, 0.05) is 35.8 Å². The minimum atomic E-state index is -0.436. The maximum Gasteiger partial charge on any atom is 0.243 e. The number of hydrogen-bond acceptors (Lipinski definition) is 3. The van der Waals surface area contributed by atoms with Crippen molar-refractivity contribution in [2.75, 3.05) is 26.0 Å². The van der Waals surface area contributed by atoms with Gasteiger partial charge in [0.05, 0.1) is 13.7 Å². The zero-order valence-electron chi connectivity index (χ0n) is 19.1. The molecule has 0 radical (unpaired) electrons.